The van der Waals surface area contributed by atoms with Gasteiger partial charge in [0.25, 0.3) is 5.56 Å². The van der Waals surface area contributed by atoms with Crippen molar-refractivity contribution in [1.82, 2.24) is 9.97 Å². The predicted octanol–water partition coefficient (Wildman–Crippen LogP) is 1.34. The first kappa shape index (κ1) is 8.74. The van der Waals surface area contributed by atoms with Crippen molar-refractivity contribution in [2.24, 2.45) is 0 Å². The van der Waals surface area contributed by atoms with Gasteiger partial charge in [0.15, 0.2) is 0 Å². The van der Waals surface area contributed by atoms with Crippen molar-refractivity contribution >= 4 is 23.3 Å². The topological polar surface area (TPSA) is 45.8 Å². The van der Waals surface area contributed by atoms with Crippen molar-refractivity contribution in [2.75, 3.05) is 0 Å². The molecule has 0 aromatic carbocycles. The molecule has 2 aromatic rings. The molecule has 0 spiro atoms. The van der Waals surface area contributed by atoms with Crippen molar-refractivity contribution in [2.45, 2.75) is 0 Å². The SMILES string of the molecule is Cl.O=c1[nH]ccc2ncccc12. The van der Waals surface area contributed by atoms with Gasteiger partial charge >= 0.3 is 0 Å². The van der Waals surface area contributed by atoms with Crippen LogP contribution in [0, 0.1) is 0 Å². The van der Waals surface area contributed by atoms with Gasteiger partial charge in [-0.2, -0.15) is 0 Å². The first-order chi connectivity index (χ1) is 5.38. The zero-order chi connectivity index (χ0) is 7.68. The predicted molar refractivity (Wildman–Crippen MR) is 49.6 cm³/mol. The van der Waals surface area contributed by atoms with Crippen LogP contribution in [-0.4, -0.2) is 9.97 Å². The number of nitrogens with one attached hydrogen (secondary N) is 1. The van der Waals surface area contributed by atoms with Crippen molar-refractivity contribution < 1.29 is 0 Å². The lowest BCUT2D eigenvalue weighted by Gasteiger charge is -1.91. The van der Waals surface area contributed by atoms with E-state index in [0.29, 0.717) is 5.39 Å². The first-order valence-electron chi connectivity index (χ1n) is 3.30. The highest BCUT2D eigenvalue weighted by Gasteiger charge is 1.94. The molecule has 2 rings (SSSR count). The van der Waals surface area contributed by atoms with Gasteiger partial charge in [-0.25, -0.2) is 0 Å². The summed E-state index contributed by atoms with van der Waals surface area (Å²) in [4.78, 5) is 17.7. The van der Waals surface area contributed by atoms with E-state index in [2.05, 4.69) is 9.97 Å². The van der Waals surface area contributed by atoms with Gasteiger partial charge in [0, 0.05) is 12.4 Å². The summed E-state index contributed by atoms with van der Waals surface area (Å²) in [5, 5.41) is 0.634. The fourth-order valence-corrected chi connectivity index (χ4v) is 1.02. The molecule has 2 heterocycles. The third-order valence-electron chi connectivity index (χ3n) is 1.54. The summed E-state index contributed by atoms with van der Waals surface area (Å²) in [6.45, 7) is 0. The molecule has 0 radical (unpaired) electrons. The molecule has 0 aliphatic rings. The Kier molecular flexibility index (Phi) is 2.45. The van der Waals surface area contributed by atoms with Crippen molar-refractivity contribution in [1.29, 1.82) is 0 Å². The maximum Gasteiger partial charge on any atom is 0.257 e. The highest BCUT2D eigenvalue weighted by atomic mass is 35.5. The Morgan fingerprint density at radius 2 is 2.17 bits per heavy atom. The lowest BCUT2D eigenvalue weighted by atomic mass is 10.3. The second-order valence-electron chi connectivity index (χ2n) is 2.24. The smallest absolute Gasteiger partial charge is 0.257 e. The molecule has 0 aliphatic heterocycles. The fourth-order valence-electron chi connectivity index (χ4n) is 1.02. The van der Waals surface area contributed by atoms with Crippen LogP contribution in [0.5, 0.6) is 0 Å². The summed E-state index contributed by atoms with van der Waals surface area (Å²) in [5.74, 6) is 0. The van der Waals surface area contributed by atoms with Crippen LogP contribution in [0.3, 0.4) is 0 Å². The average Bonchev–Trinajstić information content (AvgIpc) is 2.06. The normalized spacial score (nSPS) is 9.33. The maximum absolute atomic E-state index is 11.1. The number of hydrogen-bond donors (Lipinski definition) is 1. The Labute approximate surface area is 74.9 Å². The molecule has 62 valence electrons. The van der Waals surface area contributed by atoms with Crippen molar-refractivity contribution in [3.63, 3.8) is 0 Å². The number of H-pyrrole nitrogens is 1. The van der Waals surface area contributed by atoms with Crippen LogP contribution in [-0.2, 0) is 0 Å². The molecule has 0 saturated carbocycles. The third kappa shape index (κ3) is 1.31. The number of fused-ring (bicyclic) bond motifs is 1. The molecule has 0 amide bonds. The Hall–Kier alpha value is -1.35. The Balaban J connectivity index is 0.000000720. The minimum atomic E-state index is -0.0874. The molecule has 0 atom stereocenters. The average molecular weight is 183 g/mol. The van der Waals surface area contributed by atoms with Gasteiger partial charge in [-0.1, -0.05) is 0 Å². The minimum Gasteiger partial charge on any atom is -0.328 e. The summed E-state index contributed by atoms with van der Waals surface area (Å²) >= 11 is 0. The zero-order valence-corrected chi connectivity index (χ0v) is 6.97. The molecule has 1 N–H and O–H groups in total. The van der Waals surface area contributed by atoms with E-state index in [0.717, 1.165) is 5.52 Å². The van der Waals surface area contributed by atoms with Crippen LogP contribution in [0.4, 0.5) is 0 Å². The zero-order valence-electron chi connectivity index (χ0n) is 6.15. The van der Waals surface area contributed by atoms with Gasteiger partial charge in [0.05, 0.1) is 10.9 Å². The van der Waals surface area contributed by atoms with E-state index < -0.39 is 0 Å². The van der Waals surface area contributed by atoms with Gasteiger partial charge in [-0.15, -0.1) is 12.4 Å². The van der Waals surface area contributed by atoms with E-state index in [4.69, 9.17) is 0 Å². The molecule has 0 unspecified atom stereocenters. The molecule has 0 fully saturated rings. The van der Waals surface area contributed by atoms with Gasteiger partial charge in [-0.05, 0) is 18.2 Å². The second-order valence-corrected chi connectivity index (χ2v) is 2.24. The molecule has 3 nitrogen and oxygen atoms in total. The van der Waals surface area contributed by atoms with Crippen LogP contribution >= 0.6 is 12.4 Å². The standard InChI is InChI=1S/C8H6N2O.ClH/c11-8-6-2-1-4-9-7(6)3-5-10-8;/h1-5H,(H,10,11);1H. The third-order valence-corrected chi connectivity index (χ3v) is 1.54. The number of nitrogens with zero attached hydrogens (tertiary/aromatic N) is 1. The Morgan fingerprint density at radius 1 is 1.33 bits per heavy atom. The minimum absolute atomic E-state index is 0. The molecular formula is C8H7ClN2O. The lowest BCUT2D eigenvalue weighted by Crippen LogP contribution is -2.04. The van der Waals surface area contributed by atoms with Crippen LogP contribution in [0.15, 0.2) is 35.4 Å². The van der Waals surface area contributed by atoms with Crippen LogP contribution in [0.1, 0.15) is 0 Å². The molecule has 0 saturated heterocycles. The summed E-state index contributed by atoms with van der Waals surface area (Å²) in [6.07, 6.45) is 3.26. The Morgan fingerprint density at radius 3 is 2.92 bits per heavy atom. The molecular weight excluding hydrogens is 176 g/mol. The second kappa shape index (κ2) is 3.36. The van der Waals surface area contributed by atoms with E-state index in [-0.39, 0.29) is 18.0 Å². The van der Waals surface area contributed by atoms with E-state index >= 15 is 0 Å². The van der Waals surface area contributed by atoms with Crippen LogP contribution in [0.25, 0.3) is 10.9 Å². The van der Waals surface area contributed by atoms with Gasteiger partial charge in [-0.3, -0.25) is 9.78 Å². The molecule has 0 bridgehead atoms. The largest absolute Gasteiger partial charge is 0.328 e. The van der Waals surface area contributed by atoms with Crippen LogP contribution < -0.4 is 5.56 Å². The van der Waals surface area contributed by atoms with E-state index in [1.165, 1.54) is 0 Å². The number of halogens is 1. The summed E-state index contributed by atoms with van der Waals surface area (Å²) in [5.41, 5.74) is 0.645. The number of aromatic amines is 1. The number of hydrogen-bond acceptors (Lipinski definition) is 2. The molecule has 0 aliphatic carbocycles. The Bertz CT molecular complexity index is 433. The monoisotopic (exact) mass is 182 g/mol. The molecule has 12 heavy (non-hydrogen) atoms. The molecule has 2 aromatic heterocycles. The number of rotatable bonds is 0. The van der Waals surface area contributed by atoms with Gasteiger partial charge < -0.3 is 4.98 Å². The maximum atomic E-state index is 11.1. The number of aromatic nitrogens is 2. The van der Waals surface area contributed by atoms with Crippen molar-refractivity contribution in [3.8, 4) is 0 Å². The fraction of sp³-hybridized carbons (Fsp3) is 0. The number of pyridine rings is 2. The molecule has 4 heteroatoms. The summed E-state index contributed by atoms with van der Waals surface area (Å²) in [6, 6.07) is 5.27. The highest BCUT2D eigenvalue weighted by molar-refractivity contribution is 5.85. The van der Waals surface area contributed by atoms with Gasteiger partial charge in [0.2, 0.25) is 0 Å². The first-order valence-corrected chi connectivity index (χ1v) is 3.30. The quantitative estimate of drug-likeness (QED) is 0.669. The lowest BCUT2D eigenvalue weighted by molar-refractivity contribution is 1.26. The van der Waals surface area contributed by atoms with Crippen LogP contribution in [0.2, 0.25) is 0 Å². The van der Waals surface area contributed by atoms with Crippen molar-refractivity contribution in [3.05, 3.63) is 40.9 Å². The van der Waals surface area contributed by atoms with E-state index in [9.17, 15) is 4.79 Å². The van der Waals surface area contributed by atoms with E-state index in [1.807, 2.05) is 0 Å². The highest BCUT2D eigenvalue weighted by Crippen LogP contribution is 2.01. The van der Waals surface area contributed by atoms with E-state index in [1.54, 1.807) is 30.6 Å². The summed E-state index contributed by atoms with van der Waals surface area (Å²) < 4.78 is 0. The van der Waals surface area contributed by atoms with Gasteiger partial charge in [0.1, 0.15) is 0 Å². The summed E-state index contributed by atoms with van der Waals surface area (Å²) in [7, 11) is 0.